The Bertz CT molecular complexity index is 360. The van der Waals surface area contributed by atoms with Crippen molar-refractivity contribution in [2.24, 2.45) is 0 Å². The standard InChI is InChI=1S/C12H17IN2O/c1-4-14-12(2,3)11(16)15-10-7-5-9(13)6-8-10/h5-8,14H,4H2,1-3H3,(H,15,16). The van der Waals surface area contributed by atoms with Gasteiger partial charge in [-0.05, 0) is 67.2 Å². The van der Waals surface area contributed by atoms with Crippen LogP contribution in [0.1, 0.15) is 20.8 Å². The summed E-state index contributed by atoms with van der Waals surface area (Å²) in [6.07, 6.45) is 0. The predicted octanol–water partition coefficient (Wildman–Crippen LogP) is 2.62. The van der Waals surface area contributed by atoms with Crippen LogP contribution in [-0.2, 0) is 4.79 Å². The maximum Gasteiger partial charge on any atom is 0.244 e. The zero-order valence-electron chi connectivity index (χ0n) is 9.80. The second-order valence-electron chi connectivity index (χ2n) is 4.12. The number of benzene rings is 1. The average molecular weight is 332 g/mol. The van der Waals surface area contributed by atoms with E-state index in [4.69, 9.17) is 0 Å². The molecule has 0 saturated heterocycles. The van der Waals surface area contributed by atoms with E-state index in [0.29, 0.717) is 0 Å². The molecule has 0 aliphatic carbocycles. The number of carbonyl (C=O) groups excluding carboxylic acids is 1. The minimum atomic E-state index is -0.544. The summed E-state index contributed by atoms with van der Waals surface area (Å²) in [4.78, 5) is 11.9. The highest BCUT2D eigenvalue weighted by atomic mass is 127. The van der Waals surface area contributed by atoms with Crippen LogP contribution < -0.4 is 10.6 Å². The van der Waals surface area contributed by atoms with Crippen molar-refractivity contribution in [1.82, 2.24) is 5.32 Å². The fourth-order valence-corrected chi connectivity index (χ4v) is 1.70. The summed E-state index contributed by atoms with van der Waals surface area (Å²) in [5.74, 6) is -0.0180. The third-order valence-corrected chi connectivity index (χ3v) is 3.01. The van der Waals surface area contributed by atoms with Gasteiger partial charge in [-0.25, -0.2) is 0 Å². The van der Waals surface area contributed by atoms with Gasteiger partial charge in [-0.15, -0.1) is 0 Å². The molecule has 0 aliphatic heterocycles. The highest BCUT2D eigenvalue weighted by Crippen LogP contribution is 2.13. The number of hydrogen-bond acceptors (Lipinski definition) is 2. The Hall–Kier alpha value is -0.620. The molecule has 0 heterocycles. The van der Waals surface area contributed by atoms with Gasteiger partial charge in [0.15, 0.2) is 0 Å². The largest absolute Gasteiger partial charge is 0.325 e. The van der Waals surface area contributed by atoms with Crippen molar-refractivity contribution < 1.29 is 4.79 Å². The zero-order chi connectivity index (χ0) is 12.2. The highest BCUT2D eigenvalue weighted by Gasteiger charge is 2.25. The van der Waals surface area contributed by atoms with Crippen LogP contribution in [0.2, 0.25) is 0 Å². The first-order valence-electron chi connectivity index (χ1n) is 5.28. The lowest BCUT2D eigenvalue weighted by Crippen LogP contribution is -2.49. The lowest BCUT2D eigenvalue weighted by Gasteiger charge is -2.24. The van der Waals surface area contributed by atoms with Crippen LogP contribution in [0.5, 0.6) is 0 Å². The molecule has 1 aromatic rings. The van der Waals surface area contributed by atoms with Gasteiger partial charge in [-0.3, -0.25) is 4.79 Å². The number of nitrogens with one attached hydrogen (secondary N) is 2. The van der Waals surface area contributed by atoms with Crippen molar-refractivity contribution in [3.8, 4) is 0 Å². The Kier molecular flexibility index (Phi) is 4.73. The van der Waals surface area contributed by atoms with Crippen molar-refractivity contribution in [3.63, 3.8) is 0 Å². The zero-order valence-corrected chi connectivity index (χ0v) is 12.0. The topological polar surface area (TPSA) is 41.1 Å². The number of halogens is 1. The molecular weight excluding hydrogens is 315 g/mol. The van der Waals surface area contributed by atoms with Crippen LogP contribution >= 0.6 is 22.6 Å². The average Bonchev–Trinajstić information content (AvgIpc) is 2.21. The fraction of sp³-hybridized carbons (Fsp3) is 0.417. The molecule has 4 heteroatoms. The van der Waals surface area contributed by atoms with E-state index < -0.39 is 5.54 Å². The maximum atomic E-state index is 11.9. The summed E-state index contributed by atoms with van der Waals surface area (Å²) in [5, 5.41) is 6.03. The third-order valence-electron chi connectivity index (χ3n) is 2.29. The molecule has 3 nitrogen and oxygen atoms in total. The Morgan fingerprint density at radius 1 is 1.31 bits per heavy atom. The Morgan fingerprint density at radius 3 is 2.38 bits per heavy atom. The fourth-order valence-electron chi connectivity index (χ4n) is 1.34. The molecular formula is C12H17IN2O. The second kappa shape index (κ2) is 5.63. The summed E-state index contributed by atoms with van der Waals surface area (Å²) in [6, 6.07) is 7.75. The van der Waals surface area contributed by atoms with E-state index >= 15 is 0 Å². The molecule has 0 aromatic heterocycles. The molecule has 1 rings (SSSR count). The Morgan fingerprint density at radius 2 is 1.88 bits per heavy atom. The van der Waals surface area contributed by atoms with Gasteiger partial charge >= 0.3 is 0 Å². The van der Waals surface area contributed by atoms with Crippen LogP contribution in [0.25, 0.3) is 0 Å². The summed E-state index contributed by atoms with van der Waals surface area (Å²) < 4.78 is 1.15. The van der Waals surface area contributed by atoms with Gasteiger partial charge in [0.25, 0.3) is 0 Å². The van der Waals surface area contributed by atoms with Crippen molar-refractivity contribution in [1.29, 1.82) is 0 Å². The summed E-state index contributed by atoms with van der Waals surface area (Å²) in [7, 11) is 0. The van der Waals surface area contributed by atoms with E-state index in [9.17, 15) is 4.79 Å². The molecule has 1 amide bonds. The van der Waals surface area contributed by atoms with Gasteiger partial charge < -0.3 is 10.6 Å². The molecule has 2 N–H and O–H groups in total. The lowest BCUT2D eigenvalue weighted by atomic mass is 10.0. The third kappa shape index (κ3) is 3.75. The van der Waals surface area contributed by atoms with Gasteiger partial charge in [-0.2, -0.15) is 0 Å². The lowest BCUT2D eigenvalue weighted by molar-refractivity contribution is -0.121. The van der Waals surface area contributed by atoms with E-state index in [1.807, 2.05) is 45.0 Å². The van der Waals surface area contributed by atoms with Crippen molar-refractivity contribution in [3.05, 3.63) is 27.8 Å². The number of hydrogen-bond donors (Lipinski definition) is 2. The first-order chi connectivity index (χ1) is 7.45. The van der Waals surface area contributed by atoms with E-state index in [1.165, 1.54) is 0 Å². The van der Waals surface area contributed by atoms with Gasteiger partial charge in [0.1, 0.15) is 0 Å². The summed E-state index contributed by atoms with van der Waals surface area (Å²) in [5.41, 5.74) is 0.286. The Labute approximate surface area is 110 Å². The molecule has 0 unspecified atom stereocenters. The van der Waals surface area contributed by atoms with Gasteiger partial charge in [0, 0.05) is 9.26 Å². The number of rotatable bonds is 4. The van der Waals surface area contributed by atoms with Crippen molar-refractivity contribution in [2.75, 3.05) is 11.9 Å². The molecule has 0 radical (unpaired) electrons. The number of carbonyl (C=O) groups is 1. The molecule has 1 aromatic carbocycles. The number of amides is 1. The molecule has 0 spiro atoms. The summed E-state index contributed by atoms with van der Waals surface area (Å²) >= 11 is 2.23. The Balaban J connectivity index is 2.67. The van der Waals surface area contributed by atoms with E-state index in [0.717, 1.165) is 15.8 Å². The van der Waals surface area contributed by atoms with Crippen LogP contribution in [0, 0.1) is 3.57 Å². The van der Waals surface area contributed by atoms with Crippen LogP contribution in [0.3, 0.4) is 0 Å². The normalized spacial score (nSPS) is 11.2. The molecule has 0 atom stereocenters. The molecule has 0 fully saturated rings. The van der Waals surface area contributed by atoms with Gasteiger partial charge in [-0.1, -0.05) is 6.92 Å². The maximum absolute atomic E-state index is 11.9. The molecule has 88 valence electrons. The second-order valence-corrected chi connectivity index (χ2v) is 5.36. The van der Waals surface area contributed by atoms with E-state index in [-0.39, 0.29) is 5.91 Å². The number of anilines is 1. The SMILES string of the molecule is CCNC(C)(C)C(=O)Nc1ccc(I)cc1. The van der Waals surface area contributed by atoms with Gasteiger partial charge in [0.05, 0.1) is 5.54 Å². The van der Waals surface area contributed by atoms with Crippen LogP contribution in [0.15, 0.2) is 24.3 Å². The molecule has 0 saturated carbocycles. The van der Waals surface area contributed by atoms with Crippen LogP contribution in [0.4, 0.5) is 5.69 Å². The monoisotopic (exact) mass is 332 g/mol. The minimum absolute atomic E-state index is 0.0180. The van der Waals surface area contributed by atoms with Crippen molar-refractivity contribution in [2.45, 2.75) is 26.3 Å². The smallest absolute Gasteiger partial charge is 0.244 e. The molecule has 0 bridgehead atoms. The minimum Gasteiger partial charge on any atom is -0.325 e. The van der Waals surface area contributed by atoms with Crippen molar-refractivity contribution >= 4 is 34.2 Å². The molecule has 0 aliphatic rings. The van der Waals surface area contributed by atoms with E-state index in [1.54, 1.807) is 0 Å². The first-order valence-corrected chi connectivity index (χ1v) is 6.35. The highest BCUT2D eigenvalue weighted by molar-refractivity contribution is 14.1. The van der Waals surface area contributed by atoms with E-state index in [2.05, 4.69) is 33.2 Å². The first kappa shape index (κ1) is 13.4. The summed E-state index contributed by atoms with van der Waals surface area (Å²) in [6.45, 7) is 6.50. The quantitative estimate of drug-likeness (QED) is 0.833. The predicted molar refractivity (Wildman–Crippen MR) is 75.5 cm³/mol. The van der Waals surface area contributed by atoms with Crippen LogP contribution in [-0.4, -0.2) is 18.0 Å². The van der Waals surface area contributed by atoms with Gasteiger partial charge in [0.2, 0.25) is 5.91 Å². The molecule has 16 heavy (non-hydrogen) atoms. The number of likely N-dealkylation sites (N-methyl/N-ethyl adjacent to an activating group) is 1.